The van der Waals surface area contributed by atoms with Gasteiger partial charge in [-0.15, -0.1) is 0 Å². The molecule has 1 spiro atoms. The molecule has 3 aromatic rings. The molecule has 0 amide bonds. The van der Waals surface area contributed by atoms with Crippen LogP contribution in [-0.4, -0.2) is 63.4 Å². The van der Waals surface area contributed by atoms with E-state index >= 15 is 0 Å². The van der Waals surface area contributed by atoms with Crippen LogP contribution in [0, 0.1) is 0 Å². The summed E-state index contributed by atoms with van der Waals surface area (Å²) in [5, 5.41) is 8.02. The smallest absolute Gasteiger partial charge is 0.261 e. The fraction of sp³-hybridized carbons (Fsp3) is 0.639. The van der Waals surface area contributed by atoms with Crippen molar-refractivity contribution in [3.63, 3.8) is 0 Å². The summed E-state index contributed by atoms with van der Waals surface area (Å²) in [6, 6.07) is 13.4. The molecule has 238 valence electrons. The monoisotopic (exact) mass is 600 g/mol. The van der Waals surface area contributed by atoms with E-state index in [0.717, 1.165) is 88.2 Å². The minimum Gasteiger partial charge on any atom is -0.385 e. The first-order chi connectivity index (χ1) is 21.4. The second-order valence-electron chi connectivity index (χ2n) is 13.8. The minimum absolute atomic E-state index is 0.00373. The van der Waals surface area contributed by atoms with Gasteiger partial charge in [-0.05, 0) is 89.6 Å². The van der Waals surface area contributed by atoms with E-state index in [-0.39, 0.29) is 22.6 Å². The highest BCUT2D eigenvalue weighted by Gasteiger charge is 2.48. The fourth-order valence-electron chi connectivity index (χ4n) is 8.52. The summed E-state index contributed by atoms with van der Waals surface area (Å²) in [6.45, 7) is 12.9. The van der Waals surface area contributed by atoms with Gasteiger partial charge in [-0.1, -0.05) is 32.3 Å². The number of pyridine rings is 1. The molecule has 8 heteroatoms. The molecule has 8 nitrogen and oxygen atoms in total. The molecule has 1 aromatic carbocycles. The van der Waals surface area contributed by atoms with Crippen LogP contribution in [0.3, 0.4) is 0 Å². The lowest BCUT2D eigenvalue weighted by Gasteiger charge is -2.46. The Kier molecular flexibility index (Phi) is 9.41. The van der Waals surface area contributed by atoms with Crippen LogP contribution < -0.4 is 16.2 Å². The second kappa shape index (κ2) is 13.3. The summed E-state index contributed by atoms with van der Waals surface area (Å²) in [5.41, 5.74) is 3.00. The van der Waals surface area contributed by atoms with Crippen LogP contribution in [0.5, 0.6) is 0 Å². The maximum atomic E-state index is 14.0. The first-order valence-corrected chi connectivity index (χ1v) is 17.2. The van der Waals surface area contributed by atoms with E-state index in [1.54, 1.807) is 0 Å². The number of rotatable bonds is 10. The molecule has 1 unspecified atom stereocenters. The Morgan fingerprint density at radius 3 is 2.59 bits per heavy atom. The van der Waals surface area contributed by atoms with E-state index in [1.165, 1.54) is 18.5 Å². The summed E-state index contributed by atoms with van der Waals surface area (Å²) in [7, 11) is 0. The van der Waals surface area contributed by atoms with Gasteiger partial charge in [0.1, 0.15) is 5.82 Å². The number of hydrogen-bond acceptors (Lipinski definition) is 7. The number of aromatic nitrogens is 3. The van der Waals surface area contributed by atoms with E-state index in [1.807, 2.05) is 29.0 Å². The average molecular weight is 601 g/mol. The summed E-state index contributed by atoms with van der Waals surface area (Å²) >= 11 is 0. The predicted molar refractivity (Wildman–Crippen MR) is 178 cm³/mol. The van der Waals surface area contributed by atoms with Crippen molar-refractivity contribution in [3.05, 3.63) is 64.5 Å². The third-order valence-corrected chi connectivity index (χ3v) is 10.5. The topological polar surface area (TPSA) is 84.3 Å². The van der Waals surface area contributed by atoms with Crippen molar-refractivity contribution in [1.29, 1.82) is 0 Å². The van der Waals surface area contributed by atoms with Crippen LogP contribution >= 0.6 is 0 Å². The van der Waals surface area contributed by atoms with E-state index in [4.69, 9.17) is 14.7 Å². The Morgan fingerprint density at radius 2 is 1.89 bits per heavy atom. The van der Waals surface area contributed by atoms with Crippen molar-refractivity contribution in [2.75, 3.05) is 31.6 Å². The molecule has 1 aliphatic carbocycles. The number of piperazine rings is 1. The summed E-state index contributed by atoms with van der Waals surface area (Å²) in [5.74, 6) is 0.909. The van der Waals surface area contributed by atoms with Gasteiger partial charge in [-0.3, -0.25) is 19.2 Å². The van der Waals surface area contributed by atoms with Crippen LogP contribution in [0.1, 0.15) is 103 Å². The van der Waals surface area contributed by atoms with Crippen molar-refractivity contribution in [1.82, 2.24) is 24.8 Å². The number of anilines is 1. The Morgan fingerprint density at radius 1 is 1.09 bits per heavy atom. The number of nitrogens with one attached hydrogen (secondary N) is 2. The lowest BCUT2D eigenvalue weighted by Crippen LogP contribution is -2.55. The van der Waals surface area contributed by atoms with Gasteiger partial charge >= 0.3 is 0 Å². The number of ether oxygens (including phenoxy) is 1. The Balaban J connectivity index is 1.24. The van der Waals surface area contributed by atoms with E-state index in [2.05, 4.69) is 61.4 Å². The molecule has 0 radical (unpaired) electrons. The van der Waals surface area contributed by atoms with Gasteiger partial charge in [-0.25, -0.2) is 4.98 Å². The molecule has 4 heterocycles. The first-order valence-electron chi connectivity index (χ1n) is 17.2. The lowest BCUT2D eigenvalue weighted by atomic mass is 9.68. The van der Waals surface area contributed by atoms with Crippen LogP contribution in [0.25, 0.3) is 10.9 Å². The highest BCUT2D eigenvalue weighted by atomic mass is 16.5. The van der Waals surface area contributed by atoms with Crippen molar-refractivity contribution in [2.24, 2.45) is 0 Å². The zero-order valence-electron chi connectivity index (χ0n) is 27.3. The zero-order chi connectivity index (χ0) is 30.7. The molecule has 3 aliphatic rings. The predicted octanol–water partition coefficient (Wildman–Crippen LogP) is 6.20. The number of fused-ring (bicyclic) bond motifs is 1. The molecule has 2 aromatic heterocycles. The van der Waals surface area contributed by atoms with E-state index < -0.39 is 0 Å². The summed E-state index contributed by atoms with van der Waals surface area (Å²) in [4.78, 5) is 26.6. The molecule has 44 heavy (non-hydrogen) atoms. The molecule has 1 saturated carbocycles. The second-order valence-corrected chi connectivity index (χ2v) is 13.8. The third kappa shape index (κ3) is 6.31. The van der Waals surface area contributed by atoms with Gasteiger partial charge in [0.25, 0.3) is 5.56 Å². The molecule has 2 saturated heterocycles. The van der Waals surface area contributed by atoms with Gasteiger partial charge in [0.15, 0.2) is 0 Å². The van der Waals surface area contributed by atoms with Gasteiger partial charge in [-0.2, -0.15) is 0 Å². The minimum atomic E-state index is -0.00760. The fourth-order valence-corrected chi connectivity index (χ4v) is 8.52. The largest absolute Gasteiger partial charge is 0.385 e. The lowest BCUT2D eigenvalue weighted by molar-refractivity contribution is -0.104. The molecule has 0 bridgehead atoms. The summed E-state index contributed by atoms with van der Waals surface area (Å²) in [6.07, 6.45) is 11.8. The third-order valence-electron chi connectivity index (χ3n) is 10.5. The highest BCUT2D eigenvalue weighted by molar-refractivity contribution is 5.81. The number of hydrogen-bond donors (Lipinski definition) is 2. The quantitative estimate of drug-likeness (QED) is 0.287. The maximum absolute atomic E-state index is 14.0. The van der Waals surface area contributed by atoms with Crippen molar-refractivity contribution in [3.8, 4) is 0 Å². The van der Waals surface area contributed by atoms with Crippen molar-refractivity contribution >= 4 is 16.6 Å². The van der Waals surface area contributed by atoms with E-state index in [0.29, 0.717) is 24.0 Å². The molecule has 6 rings (SSSR count). The van der Waals surface area contributed by atoms with Crippen LogP contribution in [0.4, 0.5) is 5.69 Å². The molecule has 2 aliphatic heterocycles. The zero-order valence-corrected chi connectivity index (χ0v) is 27.3. The van der Waals surface area contributed by atoms with Gasteiger partial charge < -0.3 is 15.4 Å². The Bertz CT molecular complexity index is 1460. The molecule has 3 fully saturated rings. The molecular weight excluding hydrogens is 548 g/mol. The van der Waals surface area contributed by atoms with Gasteiger partial charge in [0.05, 0.1) is 22.5 Å². The maximum Gasteiger partial charge on any atom is 0.261 e. The van der Waals surface area contributed by atoms with Crippen molar-refractivity contribution < 1.29 is 4.74 Å². The Hall–Kier alpha value is -2.81. The number of nitrogens with zero attached hydrogens (tertiary/aromatic N) is 4. The van der Waals surface area contributed by atoms with Crippen LogP contribution in [0.15, 0.2) is 47.4 Å². The average Bonchev–Trinajstić information content (AvgIpc) is 3.47. The van der Waals surface area contributed by atoms with Crippen LogP contribution in [-0.2, 0) is 16.7 Å². The van der Waals surface area contributed by atoms with Crippen molar-refractivity contribution in [2.45, 2.75) is 121 Å². The number of benzene rings is 1. The molecular formula is C36H52N6O2. The van der Waals surface area contributed by atoms with Gasteiger partial charge in [0, 0.05) is 67.9 Å². The van der Waals surface area contributed by atoms with Crippen LogP contribution in [0.2, 0.25) is 0 Å². The Labute approximate surface area is 263 Å². The normalized spacial score (nSPS) is 26.3. The summed E-state index contributed by atoms with van der Waals surface area (Å²) < 4.78 is 8.36. The van der Waals surface area contributed by atoms with E-state index in [9.17, 15) is 4.79 Å². The molecule has 4 atom stereocenters. The molecule has 2 N–H and O–H groups in total. The standard InChI is InChI=1S/C36H52N6O2/c1-5-11-31(41-23-26(3)39-27(4)24-41)33-40-30-14-13-28(22-29(30)34(43)42(33)6-2)37-20-17-35(32-12-7-10-19-38-32)18-21-44-36(25-35)15-8-9-16-36/h7,10,12-14,19,22,26-27,31,37,39H,5-6,8-9,11,15-18,20-21,23-25H2,1-4H3/t26-,27+,31-,35?/m0/s1. The highest BCUT2D eigenvalue weighted by Crippen LogP contribution is 2.49. The SMILES string of the molecule is CCC[C@@H](c1nc2ccc(NCCC3(c4ccccn4)CCOC4(CCCC4)C3)cc2c(=O)n1CC)N1C[C@@H](C)N[C@@H](C)C1. The van der Waals surface area contributed by atoms with Gasteiger partial charge in [0.2, 0.25) is 0 Å². The first kappa shape index (κ1) is 31.2.